The van der Waals surface area contributed by atoms with Crippen LogP contribution in [0.3, 0.4) is 0 Å². The molecular weight excluding hydrogens is 311 g/mol. The van der Waals surface area contributed by atoms with Crippen LogP contribution in [0.1, 0.15) is 12.5 Å². The third-order valence-electron chi connectivity index (χ3n) is 3.05. The van der Waals surface area contributed by atoms with Gasteiger partial charge in [-0.1, -0.05) is 0 Å². The average molecular weight is 323 g/mol. The first-order valence-corrected chi connectivity index (χ1v) is 6.80. The molecule has 1 N–H and O–H groups in total. The zero-order chi connectivity index (χ0) is 13.4. The molecule has 0 spiro atoms. The van der Waals surface area contributed by atoms with Crippen LogP contribution in [0, 0.1) is 5.95 Å². The molecule has 0 radical (unpaired) electrons. The molecule has 0 unspecified atom stereocenters. The molecule has 3 heterocycles. The van der Waals surface area contributed by atoms with E-state index in [1.54, 1.807) is 12.3 Å². The summed E-state index contributed by atoms with van der Waals surface area (Å²) in [6, 6.07) is 5.08. The van der Waals surface area contributed by atoms with Crippen LogP contribution < -0.4 is 10.2 Å². The van der Waals surface area contributed by atoms with Gasteiger partial charge in [0.1, 0.15) is 5.82 Å². The molecule has 6 heteroatoms. The van der Waals surface area contributed by atoms with Gasteiger partial charge in [-0.15, -0.1) is 0 Å². The van der Waals surface area contributed by atoms with Crippen molar-refractivity contribution in [3.05, 3.63) is 40.4 Å². The second kappa shape index (κ2) is 4.77. The summed E-state index contributed by atoms with van der Waals surface area (Å²) in [5, 5.41) is 3.27. The maximum atomic E-state index is 13.4. The van der Waals surface area contributed by atoms with Gasteiger partial charge in [-0.25, -0.2) is 4.98 Å². The number of halogens is 2. The fraction of sp³-hybridized carbons (Fsp3) is 0.231. The molecule has 1 aliphatic heterocycles. The fourth-order valence-electron chi connectivity index (χ4n) is 2.21. The number of anilines is 3. The van der Waals surface area contributed by atoms with Crippen LogP contribution >= 0.6 is 15.9 Å². The molecule has 0 saturated heterocycles. The summed E-state index contributed by atoms with van der Waals surface area (Å²) in [5.74, 6) is 0.908. The molecule has 98 valence electrons. The van der Waals surface area contributed by atoms with Crippen molar-refractivity contribution >= 4 is 33.3 Å². The van der Waals surface area contributed by atoms with Crippen molar-refractivity contribution in [3.8, 4) is 0 Å². The number of pyridine rings is 2. The maximum absolute atomic E-state index is 13.4. The lowest BCUT2D eigenvalue weighted by Gasteiger charge is -2.22. The largest absolute Gasteiger partial charge is 0.378 e. The van der Waals surface area contributed by atoms with E-state index in [0.717, 1.165) is 21.5 Å². The van der Waals surface area contributed by atoms with Crippen molar-refractivity contribution in [3.63, 3.8) is 0 Å². The average Bonchev–Trinajstić information content (AvgIpc) is 2.54. The number of rotatable bonds is 1. The van der Waals surface area contributed by atoms with Gasteiger partial charge in [-0.3, -0.25) is 0 Å². The Balaban J connectivity index is 2.19. The van der Waals surface area contributed by atoms with E-state index in [1.807, 2.05) is 17.9 Å². The van der Waals surface area contributed by atoms with Gasteiger partial charge >= 0.3 is 0 Å². The van der Waals surface area contributed by atoms with Crippen molar-refractivity contribution < 1.29 is 4.39 Å². The van der Waals surface area contributed by atoms with Gasteiger partial charge in [0.2, 0.25) is 5.95 Å². The number of hydrogen-bond acceptors (Lipinski definition) is 4. The fourth-order valence-corrected chi connectivity index (χ4v) is 2.59. The molecule has 0 amide bonds. The molecule has 0 atom stereocenters. The molecule has 0 bridgehead atoms. The van der Waals surface area contributed by atoms with E-state index in [1.165, 1.54) is 6.07 Å². The Kier molecular flexibility index (Phi) is 3.10. The first-order valence-electron chi connectivity index (χ1n) is 6.01. The van der Waals surface area contributed by atoms with Crippen LogP contribution in [-0.4, -0.2) is 16.5 Å². The molecule has 0 aliphatic carbocycles. The van der Waals surface area contributed by atoms with Crippen molar-refractivity contribution in [1.29, 1.82) is 0 Å². The molecule has 2 aromatic rings. The lowest BCUT2D eigenvalue weighted by atomic mass is 10.2. The molecule has 0 fully saturated rings. The summed E-state index contributed by atoms with van der Waals surface area (Å²) in [5.41, 5.74) is 1.87. The lowest BCUT2D eigenvalue weighted by Crippen LogP contribution is -2.19. The van der Waals surface area contributed by atoms with Crippen molar-refractivity contribution in [2.45, 2.75) is 13.5 Å². The Morgan fingerprint density at radius 1 is 1.42 bits per heavy atom. The van der Waals surface area contributed by atoms with Gasteiger partial charge in [-0.05, 0) is 41.1 Å². The zero-order valence-electron chi connectivity index (χ0n) is 10.3. The second-order valence-electron chi connectivity index (χ2n) is 4.24. The minimum atomic E-state index is -0.487. The molecule has 1 aliphatic rings. The van der Waals surface area contributed by atoms with Gasteiger partial charge in [-0.2, -0.15) is 9.37 Å². The van der Waals surface area contributed by atoms with Gasteiger partial charge < -0.3 is 10.2 Å². The molecule has 4 nitrogen and oxygen atoms in total. The third-order valence-corrected chi connectivity index (χ3v) is 3.48. The highest BCUT2D eigenvalue weighted by Gasteiger charge is 2.22. The lowest BCUT2D eigenvalue weighted by molar-refractivity contribution is 0.583. The second-order valence-corrected chi connectivity index (χ2v) is 5.15. The van der Waals surface area contributed by atoms with Gasteiger partial charge in [0.05, 0.1) is 5.69 Å². The summed E-state index contributed by atoms with van der Waals surface area (Å²) in [7, 11) is 0. The monoisotopic (exact) mass is 322 g/mol. The van der Waals surface area contributed by atoms with E-state index in [2.05, 4.69) is 31.2 Å². The quantitative estimate of drug-likeness (QED) is 0.816. The Labute approximate surface area is 118 Å². The summed E-state index contributed by atoms with van der Waals surface area (Å²) in [4.78, 5) is 10.3. The van der Waals surface area contributed by atoms with Gasteiger partial charge in [0.25, 0.3) is 0 Å². The van der Waals surface area contributed by atoms with Gasteiger partial charge in [0.15, 0.2) is 5.82 Å². The van der Waals surface area contributed by atoms with Crippen LogP contribution in [0.25, 0.3) is 0 Å². The van der Waals surface area contributed by atoms with Crippen molar-refractivity contribution in [2.75, 3.05) is 16.8 Å². The van der Waals surface area contributed by atoms with Crippen LogP contribution in [-0.2, 0) is 6.54 Å². The highest BCUT2D eigenvalue weighted by molar-refractivity contribution is 9.10. The molecule has 0 saturated carbocycles. The Morgan fingerprint density at radius 3 is 3.05 bits per heavy atom. The van der Waals surface area contributed by atoms with E-state index in [4.69, 9.17) is 0 Å². The third kappa shape index (κ3) is 2.16. The SMILES string of the molecule is CCN1c2ncc(Br)cc2CNc2ccc(F)nc21. The smallest absolute Gasteiger partial charge is 0.214 e. The van der Waals surface area contributed by atoms with Crippen LogP contribution in [0.5, 0.6) is 0 Å². The van der Waals surface area contributed by atoms with E-state index in [-0.39, 0.29) is 0 Å². The minimum Gasteiger partial charge on any atom is -0.378 e. The molecule has 19 heavy (non-hydrogen) atoms. The predicted molar refractivity (Wildman–Crippen MR) is 76.1 cm³/mol. The van der Waals surface area contributed by atoms with Crippen LogP contribution in [0.15, 0.2) is 28.9 Å². The Bertz CT molecular complexity index is 632. The summed E-state index contributed by atoms with van der Waals surface area (Å²) in [6.07, 6.45) is 1.74. The van der Waals surface area contributed by atoms with Crippen molar-refractivity contribution in [2.24, 2.45) is 0 Å². The number of aromatic nitrogens is 2. The van der Waals surface area contributed by atoms with E-state index in [0.29, 0.717) is 18.9 Å². The zero-order valence-corrected chi connectivity index (χ0v) is 11.9. The summed E-state index contributed by atoms with van der Waals surface area (Å²) < 4.78 is 14.3. The Hall–Kier alpha value is -1.69. The molecule has 3 rings (SSSR count). The van der Waals surface area contributed by atoms with Crippen LogP contribution in [0.4, 0.5) is 21.7 Å². The van der Waals surface area contributed by atoms with E-state index in [9.17, 15) is 4.39 Å². The summed E-state index contributed by atoms with van der Waals surface area (Å²) >= 11 is 3.42. The highest BCUT2D eigenvalue weighted by Crippen LogP contribution is 2.35. The summed E-state index contributed by atoms with van der Waals surface area (Å²) in [6.45, 7) is 3.31. The first kappa shape index (κ1) is 12.3. The molecule has 0 aromatic carbocycles. The highest BCUT2D eigenvalue weighted by atomic mass is 79.9. The first-order chi connectivity index (χ1) is 9.19. The maximum Gasteiger partial charge on any atom is 0.214 e. The van der Waals surface area contributed by atoms with E-state index < -0.39 is 5.95 Å². The molecular formula is C13H12BrFN4. The minimum absolute atomic E-state index is 0.487. The number of nitrogens with one attached hydrogen (secondary N) is 1. The number of hydrogen-bond donors (Lipinski definition) is 1. The van der Waals surface area contributed by atoms with Gasteiger partial charge in [0, 0.05) is 29.3 Å². The number of fused-ring (bicyclic) bond motifs is 2. The van der Waals surface area contributed by atoms with Crippen LogP contribution in [0.2, 0.25) is 0 Å². The molecule has 2 aromatic heterocycles. The standard InChI is InChI=1S/C13H12BrFN4/c1-2-19-12-8(5-9(14)7-17-12)6-16-10-3-4-11(15)18-13(10)19/h3-5,7,16H,2,6H2,1H3. The van der Waals surface area contributed by atoms with E-state index >= 15 is 0 Å². The van der Waals surface area contributed by atoms with Crippen molar-refractivity contribution in [1.82, 2.24) is 9.97 Å². The topological polar surface area (TPSA) is 41.1 Å². The normalized spacial score (nSPS) is 13.3. The number of nitrogens with zero attached hydrogens (tertiary/aromatic N) is 3. The Morgan fingerprint density at radius 2 is 2.26 bits per heavy atom. The predicted octanol–water partition coefficient (Wildman–Crippen LogP) is 3.46.